The summed E-state index contributed by atoms with van der Waals surface area (Å²) in [5.41, 5.74) is -1.44. The number of carbonyl (C=O) groups excluding carboxylic acids is 2. The van der Waals surface area contributed by atoms with Crippen LogP contribution in [0.3, 0.4) is 0 Å². The van der Waals surface area contributed by atoms with Crippen molar-refractivity contribution in [3.63, 3.8) is 0 Å². The topological polar surface area (TPSA) is 114 Å². The average molecular weight is 449 g/mol. The summed E-state index contributed by atoms with van der Waals surface area (Å²) in [6.07, 6.45) is 1.46. The van der Waals surface area contributed by atoms with Crippen molar-refractivity contribution >= 4 is 29.2 Å². The summed E-state index contributed by atoms with van der Waals surface area (Å²) in [5.74, 6) is 0. The van der Waals surface area contributed by atoms with E-state index in [0.717, 1.165) is 19.3 Å². The maximum absolute atomic E-state index is 12.8. The summed E-state index contributed by atoms with van der Waals surface area (Å²) < 4.78 is 10.8. The van der Waals surface area contributed by atoms with Crippen LogP contribution in [0.15, 0.2) is 18.2 Å². The molecule has 1 atom stereocenters. The van der Waals surface area contributed by atoms with Crippen molar-refractivity contribution in [2.75, 3.05) is 23.3 Å². The second-order valence-electron chi connectivity index (χ2n) is 10.2. The van der Waals surface area contributed by atoms with Gasteiger partial charge in [-0.2, -0.15) is 0 Å². The summed E-state index contributed by atoms with van der Waals surface area (Å²) in [6, 6.07) is 4.61. The Bertz CT molecular complexity index is 920. The fraction of sp³-hybridized carbons (Fsp3) is 0.636. The van der Waals surface area contributed by atoms with E-state index in [4.69, 9.17) is 9.47 Å². The minimum absolute atomic E-state index is 0.0524. The minimum Gasteiger partial charge on any atom is -0.444 e. The Morgan fingerprint density at radius 2 is 1.75 bits per heavy atom. The van der Waals surface area contributed by atoms with Crippen molar-refractivity contribution in [1.82, 2.24) is 4.90 Å². The van der Waals surface area contributed by atoms with Crippen LogP contribution in [-0.4, -0.2) is 52.0 Å². The first kappa shape index (κ1) is 23.6. The smallest absolute Gasteiger partial charge is 0.412 e. The van der Waals surface area contributed by atoms with Crippen LogP contribution in [-0.2, 0) is 9.47 Å². The lowest BCUT2D eigenvalue weighted by atomic mass is 10.0. The van der Waals surface area contributed by atoms with Gasteiger partial charge in [0.1, 0.15) is 22.6 Å². The van der Waals surface area contributed by atoms with Crippen molar-refractivity contribution in [1.29, 1.82) is 0 Å². The zero-order chi connectivity index (χ0) is 23.9. The van der Waals surface area contributed by atoms with Gasteiger partial charge in [0, 0.05) is 18.3 Å². The second-order valence-corrected chi connectivity index (χ2v) is 10.2. The van der Waals surface area contributed by atoms with Crippen molar-refractivity contribution in [2.45, 2.75) is 77.7 Å². The van der Waals surface area contributed by atoms with Gasteiger partial charge in [-0.25, -0.2) is 9.59 Å². The Kier molecular flexibility index (Phi) is 6.01. The predicted molar refractivity (Wildman–Crippen MR) is 120 cm³/mol. The SMILES string of the molecule is CC(C)(C)OC(=O)Nc1ccc(N2CC23CCCCN3C(=O)OC(C)(C)C)cc1[N+](=O)[O-]. The molecule has 2 aliphatic heterocycles. The highest BCUT2D eigenvalue weighted by Crippen LogP contribution is 2.48. The zero-order valence-corrected chi connectivity index (χ0v) is 19.6. The van der Waals surface area contributed by atoms with E-state index in [1.807, 2.05) is 25.7 Å². The molecule has 0 bridgehead atoms. The second kappa shape index (κ2) is 8.14. The summed E-state index contributed by atoms with van der Waals surface area (Å²) in [4.78, 5) is 39.8. The number of amides is 2. The van der Waals surface area contributed by atoms with Crippen LogP contribution in [0.25, 0.3) is 0 Å². The number of nitro groups is 1. The lowest BCUT2D eigenvalue weighted by Crippen LogP contribution is -2.50. The normalized spacial score (nSPS) is 20.7. The van der Waals surface area contributed by atoms with Crippen molar-refractivity contribution in [3.8, 4) is 0 Å². The highest BCUT2D eigenvalue weighted by Gasteiger charge is 2.59. The number of anilines is 2. The van der Waals surface area contributed by atoms with Crippen LogP contribution in [0.1, 0.15) is 60.8 Å². The number of nitrogens with one attached hydrogen (secondary N) is 1. The van der Waals surface area contributed by atoms with Gasteiger partial charge in [0.25, 0.3) is 5.69 Å². The Hall–Kier alpha value is -3.04. The molecule has 0 aliphatic carbocycles. The monoisotopic (exact) mass is 448 g/mol. The molecule has 1 unspecified atom stereocenters. The molecular formula is C22H32N4O6. The number of carbonyl (C=O) groups is 2. The van der Waals surface area contributed by atoms with E-state index in [-0.39, 0.29) is 17.5 Å². The number of nitrogens with zero attached hydrogens (tertiary/aromatic N) is 3. The molecule has 2 heterocycles. The van der Waals surface area contributed by atoms with Gasteiger partial charge in [-0.1, -0.05) is 0 Å². The molecule has 0 aromatic heterocycles. The molecule has 2 amide bonds. The number of rotatable bonds is 3. The van der Waals surface area contributed by atoms with E-state index in [9.17, 15) is 19.7 Å². The molecule has 1 aromatic rings. The standard InChI is InChI=1S/C22H32N4O6/c1-20(2,3)31-18(27)23-16-10-9-15(13-17(16)26(29)30)25-14-22(25)11-7-8-12-24(22)19(28)32-21(4,5)6/h9-10,13H,7-8,11-12,14H2,1-6H3,(H,23,27). The number of benzene rings is 1. The molecule has 0 saturated carbocycles. The maximum atomic E-state index is 12.8. The maximum Gasteiger partial charge on any atom is 0.412 e. The van der Waals surface area contributed by atoms with Gasteiger partial charge in [0.15, 0.2) is 0 Å². The third-order valence-electron chi connectivity index (χ3n) is 5.26. The molecule has 2 aliphatic rings. The number of hydrogen-bond donors (Lipinski definition) is 1. The molecule has 2 saturated heterocycles. The fourth-order valence-electron chi connectivity index (χ4n) is 3.95. The van der Waals surface area contributed by atoms with Gasteiger partial charge in [-0.05, 0) is 72.9 Å². The van der Waals surface area contributed by atoms with Gasteiger partial charge >= 0.3 is 12.2 Å². The first-order chi connectivity index (χ1) is 14.7. The molecule has 2 fully saturated rings. The van der Waals surface area contributed by atoms with Gasteiger partial charge in [0.05, 0.1) is 11.5 Å². The average Bonchev–Trinajstić information content (AvgIpc) is 3.32. The number of nitro benzene ring substituents is 1. The van der Waals surface area contributed by atoms with Crippen LogP contribution in [0, 0.1) is 10.1 Å². The van der Waals surface area contributed by atoms with Crippen LogP contribution >= 0.6 is 0 Å². The lowest BCUT2D eigenvalue weighted by molar-refractivity contribution is -0.383. The molecule has 10 nitrogen and oxygen atoms in total. The molecule has 32 heavy (non-hydrogen) atoms. The molecule has 3 rings (SSSR count). The highest BCUT2D eigenvalue weighted by atomic mass is 16.6. The zero-order valence-electron chi connectivity index (χ0n) is 19.6. The Morgan fingerprint density at radius 1 is 1.09 bits per heavy atom. The quantitative estimate of drug-likeness (QED) is 0.398. The van der Waals surface area contributed by atoms with Gasteiger partial charge in [-0.3, -0.25) is 20.3 Å². The van der Waals surface area contributed by atoms with Crippen molar-refractivity contribution in [3.05, 3.63) is 28.3 Å². The van der Waals surface area contributed by atoms with E-state index in [2.05, 4.69) is 5.32 Å². The van der Waals surface area contributed by atoms with E-state index in [1.54, 1.807) is 31.7 Å². The summed E-state index contributed by atoms with van der Waals surface area (Å²) in [7, 11) is 0. The number of hydrogen-bond acceptors (Lipinski definition) is 7. The largest absolute Gasteiger partial charge is 0.444 e. The molecule has 176 valence electrons. The molecule has 1 spiro atoms. The molecule has 10 heteroatoms. The lowest BCUT2D eigenvalue weighted by Gasteiger charge is -2.37. The minimum atomic E-state index is -0.764. The third kappa shape index (κ3) is 5.23. The third-order valence-corrected chi connectivity index (χ3v) is 5.26. The first-order valence-electron chi connectivity index (χ1n) is 10.8. The Morgan fingerprint density at radius 3 is 2.34 bits per heavy atom. The van der Waals surface area contributed by atoms with Gasteiger partial charge in [-0.15, -0.1) is 0 Å². The highest BCUT2D eigenvalue weighted by molar-refractivity contribution is 5.89. The van der Waals surface area contributed by atoms with Crippen LogP contribution in [0.2, 0.25) is 0 Å². The molecule has 0 radical (unpaired) electrons. The molecular weight excluding hydrogens is 416 g/mol. The predicted octanol–water partition coefficient (Wildman–Crippen LogP) is 4.88. The van der Waals surface area contributed by atoms with Crippen LogP contribution < -0.4 is 10.2 Å². The van der Waals surface area contributed by atoms with Crippen molar-refractivity contribution < 1.29 is 24.0 Å². The van der Waals surface area contributed by atoms with E-state index >= 15 is 0 Å². The van der Waals surface area contributed by atoms with E-state index in [0.29, 0.717) is 18.8 Å². The van der Waals surface area contributed by atoms with Crippen LogP contribution in [0.4, 0.5) is 26.7 Å². The summed E-state index contributed by atoms with van der Waals surface area (Å²) in [6.45, 7) is 11.8. The van der Waals surface area contributed by atoms with Crippen LogP contribution in [0.5, 0.6) is 0 Å². The Labute approximate surface area is 188 Å². The van der Waals surface area contributed by atoms with Gasteiger partial charge in [0.2, 0.25) is 0 Å². The summed E-state index contributed by atoms with van der Waals surface area (Å²) >= 11 is 0. The fourth-order valence-corrected chi connectivity index (χ4v) is 3.95. The van der Waals surface area contributed by atoms with Gasteiger partial charge < -0.3 is 14.4 Å². The molecule has 1 aromatic carbocycles. The number of ether oxygens (including phenoxy) is 2. The Balaban J connectivity index is 1.82. The van der Waals surface area contributed by atoms with E-state index < -0.39 is 27.9 Å². The molecule has 1 N–H and O–H groups in total. The first-order valence-corrected chi connectivity index (χ1v) is 10.8. The number of likely N-dealkylation sites (tertiary alicyclic amines) is 1. The van der Waals surface area contributed by atoms with Crippen molar-refractivity contribution in [2.24, 2.45) is 0 Å². The summed E-state index contributed by atoms with van der Waals surface area (Å²) in [5, 5.41) is 14.1. The van der Waals surface area contributed by atoms with E-state index in [1.165, 1.54) is 12.1 Å². The number of piperidine rings is 1.